The van der Waals surface area contributed by atoms with Crippen LogP contribution in [0.15, 0.2) is 12.1 Å². The van der Waals surface area contributed by atoms with Crippen molar-refractivity contribution in [3.63, 3.8) is 0 Å². The third-order valence-electron chi connectivity index (χ3n) is 8.75. The van der Waals surface area contributed by atoms with Gasteiger partial charge in [0.1, 0.15) is 5.75 Å². The molecule has 0 aromatic heterocycles. The second kappa shape index (κ2) is 8.38. The quantitative estimate of drug-likeness (QED) is 0.565. The maximum Gasteiger partial charge on any atom is 0.122 e. The van der Waals surface area contributed by atoms with Gasteiger partial charge in [-0.05, 0) is 116 Å². The van der Waals surface area contributed by atoms with Gasteiger partial charge in [-0.2, -0.15) is 0 Å². The molecule has 1 aromatic rings. The third kappa shape index (κ3) is 3.40. The molecule has 3 aliphatic carbocycles. The van der Waals surface area contributed by atoms with Crippen molar-refractivity contribution >= 4 is 0 Å². The molecule has 2 N–H and O–H groups in total. The SMILES string of the molecule is CCCCOc1cc2c(cc1CC)C1CC[C@@]3(C)C(CC[C@@H]3CCN)C1CC2. The fourth-order valence-electron chi connectivity index (χ4n) is 7.17. The Hall–Kier alpha value is -1.02. The molecule has 4 rings (SSSR count). The van der Waals surface area contributed by atoms with Crippen LogP contribution in [0.1, 0.15) is 94.7 Å². The average molecular weight is 384 g/mol. The molecular weight excluding hydrogens is 342 g/mol. The van der Waals surface area contributed by atoms with Crippen LogP contribution in [0.25, 0.3) is 0 Å². The van der Waals surface area contributed by atoms with Gasteiger partial charge in [0.25, 0.3) is 0 Å². The van der Waals surface area contributed by atoms with Gasteiger partial charge in [0, 0.05) is 0 Å². The molecule has 3 aliphatic rings. The average Bonchev–Trinajstić information content (AvgIpc) is 3.04. The molecule has 1 aromatic carbocycles. The van der Waals surface area contributed by atoms with Crippen molar-refractivity contribution in [2.45, 2.75) is 90.9 Å². The predicted molar refractivity (Wildman–Crippen MR) is 118 cm³/mol. The van der Waals surface area contributed by atoms with E-state index < -0.39 is 0 Å². The summed E-state index contributed by atoms with van der Waals surface area (Å²) < 4.78 is 6.19. The Labute approximate surface area is 172 Å². The lowest BCUT2D eigenvalue weighted by atomic mass is 9.54. The van der Waals surface area contributed by atoms with E-state index in [2.05, 4.69) is 32.9 Å². The molecule has 28 heavy (non-hydrogen) atoms. The zero-order chi connectivity index (χ0) is 19.7. The minimum atomic E-state index is 0.550. The lowest BCUT2D eigenvalue weighted by Gasteiger charge is -2.51. The third-order valence-corrected chi connectivity index (χ3v) is 8.75. The maximum absolute atomic E-state index is 6.19. The monoisotopic (exact) mass is 383 g/mol. The first-order valence-electron chi connectivity index (χ1n) is 12.1. The molecule has 0 saturated heterocycles. The van der Waals surface area contributed by atoms with Gasteiger partial charge in [0.15, 0.2) is 0 Å². The lowest BCUT2D eigenvalue weighted by Crippen LogP contribution is -2.42. The van der Waals surface area contributed by atoms with Crippen molar-refractivity contribution in [1.82, 2.24) is 0 Å². The standard InChI is InChI=1S/C26H41NO/c1-4-6-15-28-25-17-19-7-9-22-21(23(19)16-18(25)5-2)11-13-26(3)20(12-14-27)8-10-24(22)26/h16-17,20-22,24H,4-15,27H2,1-3H3/t20-,21?,22?,24?,26-/m1/s1. The Balaban J connectivity index is 1.59. The second-order valence-electron chi connectivity index (χ2n) is 10.0. The molecule has 0 spiro atoms. The highest BCUT2D eigenvalue weighted by Gasteiger charge is 2.54. The van der Waals surface area contributed by atoms with Gasteiger partial charge in [-0.3, -0.25) is 0 Å². The first-order chi connectivity index (χ1) is 13.6. The van der Waals surface area contributed by atoms with Crippen molar-refractivity contribution in [1.29, 1.82) is 0 Å². The van der Waals surface area contributed by atoms with E-state index >= 15 is 0 Å². The first kappa shape index (κ1) is 20.3. The number of ether oxygens (including phenoxy) is 1. The molecule has 2 saturated carbocycles. The predicted octanol–water partition coefficient (Wildman–Crippen LogP) is 6.25. The number of rotatable bonds is 7. The van der Waals surface area contributed by atoms with Gasteiger partial charge in [-0.25, -0.2) is 0 Å². The number of unbranched alkanes of at least 4 members (excludes halogenated alkanes) is 1. The van der Waals surface area contributed by atoms with Crippen LogP contribution in [-0.4, -0.2) is 13.2 Å². The van der Waals surface area contributed by atoms with E-state index in [4.69, 9.17) is 10.5 Å². The smallest absolute Gasteiger partial charge is 0.122 e. The summed E-state index contributed by atoms with van der Waals surface area (Å²) in [6, 6.07) is 4.96. The van der Waals surface area contributed by atoms with E-state index in [0.29, 0.717) is 5.41 Å². The van der Waals surface area contributed by atoms with Crippen molar-refractivity contribution in [2.24, 2.45) is 28.9 Å². The minimum absolute atomic E-state index is 0.550. The number of hydrogen-bond acceptors (Lipinski definition) is 2. The molecule has 0 bridgehead atoms. The van der Waals surface area contributed by atoms with E-state index in [1.54, 1.807) is 11.1 Å². The molecule has 5 atom stereocenters. The number of hydrogen-bond donors (Lipinski definition) is 1. The summed E-state index contributed by atoms with van der Waals surface area (Å²) in [5.74, 6) is 4.63. The zero-order valence-electron chi connectivity index (χ0n) is 18.4. The van der Waals surface area contributed by atoms with Crippen LogP contribution in [0.5, 0.6) is 5.75 Å². The zero-order valence-corrected chi connectivity index (χ0v) is 18.4. The molecular formula is C26H41NO. The Kier molecular flexibility index (Phi) is 6.06. The second-order valence-corrected chi connectivity index (χ2v) is 10.0. The molecule has 2 nitrogen and oxygen atoms in total. The number of nitrogens with two attached hydrogens (primary N) is 1. The largest absolute Gasteiger partial charge is 0.493 e. The highest BCUT2D eigenvalue weighted by molar-refractivity contribution is 5.46. The maximum atomic E-state index is 6.19. The van der Waals surface area contributed by atoms with Crippen LogP contribution in [0, 0.1) is 23.2 Å². The van der Waals surface area contributed by atoms with E-state index in [1.165, 1.54) is 56.9 Å². The van der Waals surface area contributed by atoms with Crippen molar-refractivity contribution in [3.05, 3.63) is 28.8 Å². The van der Waals surface area contributed by atoms with E-state index in [0.717, 1.165) is 55.4 Å². The lowest BCUT2D eigenvalue weighted by molar-refractivity contribution is 0.0266. The van der Waals surface area contributed by atoms with Crippen LogP contribution in [0.2, 0.25) is 0 Å². The van der Waals surface area contributed by atoms with Gasteiger partial charge in [0.2, 0.25) is 0 Å². The number of benzene rings is 1. The molecule has 0 amide bonds. The van der Waals surface area contributed by atoms with Gasteiger partial charge in [0.05, 0.1) is 6.61 Å². The van der Waals surface area contributed by atoms with Gasteiger partial charge in [-0.15, -0.1) is 0 Å². The summed E-state index contributed by atoms with van der Waals surface area (Å²) in [6.07, 6.45) is 12.9. The van der Waals surface area contributed by atoms with Crippen LogP contribution >= 0.6 is 0 Å². The fourth-order valence-corrected chi connectivity index (χ4v) is 7.17. The van der Waals surface area contributed by atoms with Crippen LogP contribution in [-0.2, 0) is 12.8 Å². The van der Waals surface area contributed by atoms with Gasteiger partial charge in [-0.1, -0.05) is 33.3 Å². The number of aryl methyl sites for hydroxylation is 2. The Bertz CT molecular complexity index is 683. The van der Waals surface area contributed by atoms with Crippen LogP contribution < -0.4 is 10.5 Å². The van der Waals surface area contributed by atoms with Crippen LogP contribution in [0.4, 0.5) is 0 Å². The fraction of sp³-hybridized carbons (Fsp3) is 0.769. The van der Waals surface area contributed by atoms with E-state index in [1.807, 2.05) is 0 Å². The summed E-state index contributed by atoms with van der Waals surface area (Å²) in [7, 11) is 0. The summed E-state index contributed by atoms with van der Waals surface area (Å²) in [5.41, 5.74) is 11.2. The van der Waals surface area contributed by atoms with E-state index in [9.17, 15) is 0 Å². The minimum Gasteiger partial charge on any atom is -0.493 e. The Morgan fingerprint density at radius 3 is 2.75 bits per heavy atom. The highest BCUT2D eigenvalue weighted by Crippen LogP contribution is 2.63. The first-order valence-corrected chi connectivity index (χ1v) is 12.1. The van der Waals surface area contributed by atoms with Crippen molar-refractivity contribution in [3.8, 4) is 5.75 Å². The van der Waals surface area contributed by atoms with Gasteiger partial charge < -0.3 is 10.5 Å². The molecule has 2 fully saturated rings. The molecule has 0 heterocycles. The Morgan fingerprint density at radius 1 is 1.14 bits per heavy atom. The summed E-state index contributed by atoms with van der Waals surface area (Å²) in [6.45, 7) is 8.84. The summed E-state index contributed by atoms with van der Waals surface area (Å²) in [4.78, 5) is 0. The molecule has 3 unspecified atom stereocenters. The molecule has 156 valence electrons. The van der Waals surface area contributed by atoms with Crippen LogP contribution in [0.3, 0.4) is 0 Å². The Morgan fingerprint density at radius 2 is 2.00 bits per heavy atom. The molecule has 0 aliphatic heterocycles. The number of fused-ring (bicyclic) bond motifs is 5. The summed E-state index contributed by atoms with van der Waals surface area (Å²) in [5, 5.41) is 0. The van der Waals surface area contributed by atoms with Crippen molar-refractivity contribution in [2.75, 3.05) is 13.2 Å². The normalized spacial score (nSPS) is 33.9. The molecule has 0 radical (unpaired) electrons. The topological polar surface area (TPSA) is 35.2 Å². The van der Waals surface area contributed by atoms with Crippen molar-refractivity contribution < 1.29 is 4.74 Å². The molecule has 2 heteroatoms. The van der Waals surface area contributed by atoms with E-state index in [-0.39, 0.29) is 0 Å². The summed E-state index contributed by atoms with van der Waals surface area (Å²) >= 11 is 0. The van der Waals surface area contributed by atoms with Gasteiger partial charge >= 0.3 is 0 Å². The highest BCUT2D eigenvalue weighted by atomic mass is 16.5.